The van der Waals surface area contributed by atoms with Gasteiger partial charge in [0, 0.05) is 0 Å². The maximum Gasteiger partial charge on any atom is 0.0922 e. The van der Waals surface area contributed by atoms with Crippen LogP contribution in [-0.2, 0) is 0 Å². The molecule has 0 aromatic carbocycles. The standard InChI is InChI=1S/C22H37NO2/c1-14(24)18-7-8-19-17-6-4-5-15-13-16(23-25)9-11-21(15,2)20(17)10-12-22(18,19)3/h14-20,24H,4-13H2,1-3H3/t14?,15?,16?,17?,18?,19?,20?,21-,22+/m0/s1. The number of hydrogen-bond donors (Lipinski definition) is 1. The summed E-state index contributed by atoms with van der Waals surface area (Å²) in [5.74, 6) is 3.69. The van der Waals surface area contributed by atoms with Gasteiger partial charge < -0.3 is 5.11 Å². The Balaban J connectivity index is 1.62. The van der Waals surface area contributed by atoms with Gasteiger partial charge in [0.1, 0.15) is 0 Å². The lowest BCUT2D eigenvalue weighted by Crippen LogP contribution is -2.50. The average Bonchev–Trinajstić information content (AvgIpc) is 2.86. The highest BCUT2D eigenvalue weighted by Gasteiger charge is 2.59. The van der Waals surface area contributed by atoms with Crippen molar-refractivity contribution in [3.05, 3.63) is 4.91 Å². The molecular weight excluding hydrogens is 310 g/mol. The predicted molar refractivity (Wildman–Crippen MR) is 101 cm³/mol. The van der Waals surface area contributed by atoms with E-state index < -0.39 is 0 Å². The number of nitrogens with zero attached hydrogens (tertiary/aromatic N) is 1. The molecule has 4 aliphatic rings. The maximum absolute atomic E-state index is 11.1. The molecule has 0 heterocycles. The molecule has 7 unspecified atom stereocenters. The van der Waals surface area contributed by atoms with Gasteiger partial charge in [-0.3, -0.25) is 0 Å². The number of fused-ring (bicyclic) bond motifs is 5. The molecular formula is C22H37NO2. The Morgan fingerprint density at radius 2 is 1.68 bits per heavy atom. The second-order valence-electron chi connectivity index (χ2n) is 10.5. The van der Waals surface area contributed by atoms with E-state index in [-0.39, 0.29) is 12.1 Å². The summed E-state index contributed by atoms with van der Waals surface area (Å²) < 4.78 is 0. The quantitative estimate of drug-likeness (QED) is 0.666. The van der Waals surface area contributed by atoms with Gasteiger partial charge >= 0.3 is 0 Å². The molecule has 0 saturated heterocycles. The molecule has 0 aromatic heterocycles. The van der Waals surface area contributed by atoms with Gasteiger partial charge in [0.05, 0.1) is 12.1 Å². The Morgan fingerprint density at radius 1 is 0.960 bits per heavy atom. The molecule has 0 aromatic rings. The van der Waals surface area contributed by atoms with Gasteiger partial charge in [-0.1, -0.05) is 25.4 Å². The minimum absolute atomic E-state index is 0.0783. The van der Waals surface area contributed by atoms with E-state index in [1.165, 1.54) is 51.4 Å². The second kappa shape index (κ2) is 6.32. The first-order valence-corrected chi connectivity index (χ1v) is 10.9. The van der Waals surface area contributed by atoms with Crippen LogP contribution in [0.2, 0.25) is 0 Å². The minimum Gasteiger partial charge on any atom is -0.393 e. The molecule has 3 nitrogen and oxygen atoms in total. The lowest BCUT2D eigenvalue weighted by molar-refractivity contribution is -0.0814. The second-order valence-corrected chi connectivity index (χ2v) is 10.5. The van der Waals surface area contributed by atoms with Crippen molar-refractivity contribution in [3.63, 3.8) is 0 Å². The molecule has 4 saturated carbocycles. The Bertz CT molecular complexity index is 520. The normalized spacial score (nSPS) is 53.9. The van der Waals surface area contributed by atoms with Gasteiger partial charge in [0.25, 0.3) is 0 Å². The Kier molecular flexibility index (Phi) is 4.54. The predicted octanol–water partition coefficient (Wildman–Crippen LogP) is 5.55. The molecule has 25 heavy (non-hydrogen) atoms. The average molecular weight is 348 g/mol. The van der Waals surface area contributed by atoms with Crippen LogP contribution in [0.25, 0.3) is 0 Å². The molecule has 4 aliphatic carbocycles. The van der Waals surface area contributed by atoms with E-state index in [1.807, 2.05) is 6.92 Å². The highest BCUT2D eigenvalue weighted by molar-refractivity contribution is 5.09. The molecule has 3 heteroatoms. The van der Waals surface area contributed by atoms with E-state index in [4.69, 9.17) is 0 Å². The topological polar surface area (TPSA) is 49.7 Å². The third-order valence-electron chi connectivity index (χ3n) is 9.68. The van der Waals surface area contributed by atoms with Crippen molar-refractivity contribution >= 4 is 0 Å². The molecule has 0 aliphatic heterocycles. The van der Waals surface area contributed by atoms with Crippen LogP contribution in [0.15, 0.2) is 5.18 Å². The first kappa shape index (κ1) is 17.9. The molecule has 0 bridgehead atoms. The molecule has 1 N–H and O–H groups in total. The molecule has 0 spiro atoms. The Labute approximate surface area is 153 Å². The minimum atomic E-state index is -0.158. The number of rotatable bonds is 2. The van der Waals surface area contributed by atoms with Crippen LogP contribution in [0, 0.1) is 45.3 Å². The molecule has 4 fully saturated rings. The fourth-order valence-corrected chi connectivity index (χ4v) is 8.37. The van der Waals surface area contributed by atoms with E-state index in [1.54, 1.807) is 0 Å². The highest BCUT2D eigenvalue weighted by atomic mass is 16.3. The van der Waals surface area contributed by atoms with Crippen LogP contribution in [0.5, 0.6) is 0 Å². The first-order valence-electron chi connectivity index (χ1n) is 10.9. The summed E-state index contributed by atoms with van der Waals surface area (Å²) >= 11 is 0. The lowest BCUT2D eigenvalue weighted by atomic mass is 9.49. The van der Waals surface area contributed by atoms with Crippen molar-refractivity contribution in [1.29, 1.82) is 0 Å². The fourth-order valence-electron chi connectivity index (χ4n) is 8.37. The van der Waals surface area contributed by atoms with Crippen molar-refractivity contribution in [2.24, 2.45) is 45.6 Å². The number of hydrogen-bond acceptors (Lipinski definition) is 3. The van der Waals surface area contributed by atoms with Crippen LogP contribution in [0.4, 0.5) is 0 Å². The Hall–Kier alpha value is -0.440. The Morgan fingerprint density at radius 3 is 2.40 bits per heavy atom. The van der Waals surface area contributed by atoms with Gasteiger partial charge in [-0.2, -0.15) is 4.91 Å². The van der Waals surface area contributed by atoms with Crippen molar-refractivity contribution in [2.75, 3.05) is 0 Å². The van der Waals surface area contributed by atoms with Gasteiger partial charge in [0.15, 0.2) is 0 Å². The van der Waals surface area contributed by atoms with E-state index in [2.05, 4.69) is 19.0 Å². The summed E-state index contributed by atoms with van der Waals surface area (Å²) in [5, 5.41) is 13.8. The van der Waals surface area contributed by atoms with E-state index >= 15 is 0 Å². The zero-order chi connectivity index (χ0) is 17.8. The third kappa shape index (κ3) is 2.63. The van der Waals surface area contributed by atoms with Crippen molar-refractivity contribution in [2.45, 2.75) is 97.1 Å². The van der Waals surface area contributed by atoms with Gasteiger partial charge in [-0.25, -0.2) is 0 Å². The van der Waals surface area contributed by atoms with Crippen LogP contribution >= 0.6 is 0 Å². The van der Waals surface area contributed by atoms with Gasteiger partial charge in [0.2, 0.25) is 0 Å². The summed E-state index contributed by atoms with van der Waals surface area (Å²) in [5.41, 5.74) is 0.777. The molecule has 4 rings (SSSR count). The molecule has 0 amide bonds. The van der Waals surface area contributed by atoms with Crippen molar-refractivity contribution < 1.29 is 5.11 Å². The fraction of sp³-hybridized carbons (Fsp3) is 1.00. The van der Waals surface area contributed by atoms with Gasteiger partial charge in [-0.15, -0.1) is 0 Å². The summed E-state index contributed by atoms with van der Waals surface area (Å²) in [6, 6.07) is 0.0783. The van der Waals surface area contributed by atoms with Crippen LogP contribution in [0.1, 0.15) is 85.0 Å². The van der Waals surface area contributed by atoms with Crippen LogP contribution in [-0.4, -0.2) is 17.3 Å². The summed E-state index contributed by atoms with van der Waals surface area (Å²) in [6.45, 7) is 7.07. The number of nitroso groups, excluding NO2 is 1. The zero-order valence-electron chi connectivity index (χ0n) is 16.4. The van der Waals surface area contributed by atoms with Crippen LogP contribution < -0.4 is 0 Å². The summed E-state index contributed by atoms with van der Waals surface area (Å²) in [6.07, 6.45) is 12.3. The third-order valence-corrected chi connectivity index (χ3v) is 9.68. The van der Waals surface area contributed by atoms with E-state index in [0.717, 1.165) is 30.6 Å². The molecule has 9 atom stereocenters. The van der Waals surface area contributed by atoms with E-state index in [0.29, 0.717) is 22.7 Å². The first-order chi connectivity index (χ1) is 11.9. The maximum atomic E-state index is 11.1. The zero-order valence-corrected chi connectivity index (χ0v) is 16.4. The number of aliphatic hydroxyl groups excluding tert-OH is 1. The number of aliphatic hydroxyl groups is 1. The lowest BCUT2D eigenvalue weighted by Gasteiger charge is -2.56. The van der Waals surface area contributed by atoms with Gasteiger partial charge in [-0.05, 0) is 105 Å². The summed E-state index contributed by atoms with van der Waals surface area (Å²) in [7, 11) is 0. The smallest absolute Gasteiger partial charge is 0.0922 e. The van der Waals surface area contributed by atoms with Crippen LogP contribution in [0.3, 0.4) is 0 Å². The highest BCUT2D eigenvalue weighted by Crippen LogP contribution is 2.66. The molecule has 0 radical (unpaired) electrons. The van der Waals surface area contributed by atoms with E-state index in [9.17, 15) is 10.0 Å². The monoisotopic (exact) mass is 347 g/mol. The largest absolute Gasteiger partial charge is 0.393 e. The summed E-state index contributed by atoms with van der Waals surface area (Å²) in [4.78, 5) is 11.1. The SMILES string of the molecule is CC(O)C1CCC2C3CCCC4CC(N=O)CC[C@]4(C)C3CC[C@]12C. The molecule has 142 valence electrons. The van der Waals surface area contributed by atoms with Crippen molar-refractivity contribution in [1.82, 2.24) is 0 Å². The van der Waals surface area contributed by atoms with Crippen molar-refractivity contribution in [3.8, 4) is 0 Å².